The van der Waals surface area contributed by atoms with Crippen LogP contribution in [-0.2, 0) is 10.0 Å². The van der Waals surface area contributed by atoms with Gasteiger partial charge in [0.2, 0.25) is 0 Å². The second-order valence-electron chi connectivity index (χ2n) is 2.03. The van der Waals surface area contributed by atoms with Crippen LogP contribution in [0.15, 0.2) is 0 Å². The smallest absolute Gasteiger partial charge is 0.278 e. The van der Waals surface area contributed by atoms with Crippen molar-refractivity contribution in [3.8, 4) is 0 Å². The van der Waals surface area contributed by atoms with E-state index in [-0.39, 0.29) is 4.13 Å². The first-order valence-electron chi connectivity index (χ1n) is 2.65. The lowest BCUT2D eigenvalue weighted by Gasteiger charge is -2.33. The third-order valence-corrected chi connectivity index (χ3v) is 3.92. The Hall–Kier alpha value is -0.240. The highest BCUT2D eigenvalue weighted by Gasteiger charge is 2.55. The highest BCUT2D eigenvalue weighted by Crippen LogP contribution is 2.53. The summed E-state index contributed by atoms with van der Waals surface area (Å²) in [4.78, 5) is 0. The van der Waals surface area contributed by atoms with E-state index in [0.717, 1.165) is 0 Å². The summed E-state index contributed by atoms with van der Waals surface area (Å²) in [7, 11) is -12.6. The van der Waals surface area contributed by atoms with E-state index >= 15 is 0 Å². The first kappa shape index (κ1) is 14.8. The standard InChI is InChI=1S/C2H3F6NO4S2/c3-1(4,5)14(10,11)9-15(12,13)2(6,7)8/h9-11H. The fourth-order valence-electron chi connectivity index (χ4n) is 0.247. The van der Waals surface area contributed by atoms with Crippen LogP contribution in [0.1, 0.15) is 0 Å². The fourth-order valence-corrected chi connectivity index (χ4v) is 2.23. The molecule has 0 saturated heterocycles. The Bertz CT molecular complexity index is 328. The SMILES string of the molecule is O=S(=O)(NS(O)(O)C(F)(F)F)C(F)(F)F. The van der Waals surface area contributed by atoms with Gasteiger partial charge in [-0.2, -0.15) is 26.3 Å². The number of sulfonamides is 1. The number of hydrogen-bond acceptors (Lipinski definition) is 4. The topological polar surface area (TPSA) is 86.6 Å². The summed E-state index contributed by atoms with van der Waals surface area (Å²) in [5, 5.41) is 0. The van der Waals surface area contributed by atoms with Crippen molar-refractivity contribution in [3.05, 3.63) is 0 Å². The van der Waals surface area contributed by atoms with Crippen molar-refractivity contribution in [1.82, 2.24) is 4.13 Å². The van der Waals surface area contributed by atoms with Crippen LogP contribution < -0.4 is 4.13 Å². The van der Waals surface area contributed by atoms with E-state index in [9.17, 15) is 34.8 Å². The van der Waals surface area contributed by atoms with Crippen molar-refractivity contribution in [2.45, 2.75) is 11.0 Å². The van der Waals surface area contributed by atoms with Crippen molar-refractivity contribution in [2.24, 2.45) is 0 Å². The Morgan fingerprint density at radius 2 is 1.20 bits per heavy atom. The zero-order valence-electron chi connectivity index (χ0n) is 6.30. The van der Waals surface area contributed by atoms with E-state index in [1.807, 2.05) is 0 Å². The third kappa shape index (κ3) is 3.37. The predicted molar refractivity (Wildman–Crippen MR) is 37.0 cm³/mol. The molecule has 0 aliphatic heterocycles. The van der Waals surface area contributed by atoms with Crippen molar-refractivity contribution in [1.29, 1.82) is 0 Å². The van der Waals surface area contributed by atoms with Gasteiger partial charge < -0.3 is 0 Å². The molecule has 13 heteroatoms. The summed E-state index contributed by atoms with van der Waals surface area (Å²) >= 11 is 0. The van der Waals surface area contributed by atoms with Gasteiger partial charge in [-0.3, -0.25) is 9.11 Å². The lowest BCUT2D eigenvalue weighted by atomic mass is 11.6. The molecule has 3 N–H and O–H groups in total. The van der Waals surface area contributed by atoms with Gasteiger partial charge in [0.15, 0.2) is 0 Å². The molecule has 0 bridgehead atoms. The molecular formula is C2H3F6NO4S2. The number of hydrogen-bond donors (Lipinski definition) is 3. The summed E-state index contributed by atoms with van der Waals surface area (Å²) < 4.78 is 105. The minimum atomic E-state index is -6.47. The number of alkyl halides is 6. The number of nitrogens with one attached hydrogen (secondary N) is 1. The van der Waals surface area contributed by atoms with Crippen LogP contribution in [0.3, 0.4) is 0 Å². The Morgan fingerprint density at radius 1 is 0.867 bits per heavy atom. The van der Waals surface area contributed by atoms with Crippen LogP contribution in [0.25, 0.3) is 0 Å². The molecule has 5 nitrogen and oxygen atoms in total. The van der Waals surface area contributed by atoms with Gasteiger partial charge in [-0.1, -0.05) is 4.13 Å². The van der Waals surface area contributed by atoms with Gasteiger partial charge >= 0.3 is 21.0 Å². The van der Waals surface area contributed by atoms with Gasteiger partial charge in [0.25, 0.3) is 0 Å². The Kier molecular flexibility index (Phi) is 3.60. The molecule has 0 amide bonds. The maximum Gasteiger partial charge on any atom is 0.512 e. The van der Waals surface area contributed by atoms with Crippen LogP contribution >= 0.6 is 10.8 Å². The lowest BCUT2D eigenvalue weighted by Crippen LogP contribution is -2.42. The van der Waals surface area contributed by atoms with E-state index < -0.39 is 31.8 Å². The molecule has 0 fully saturated rings. The predicted octanol–water partition coefficient (Wildman–Crippen LogP) is 1.61. The zero-order chi connectivity index (χ0) is 12.7. The van der Waals surface area contributed by atoms with E-state index in [1.165, 1.54) is 0 Å². The molecule has 0 radical (unpaired) electrons. The van der Waals surface area contributed by atoms with E-state index in [1.54, 1.807) is 0 Å². The molecule has 94 valence electrons. The average Bonchev–Trinajstić information content (AvgIpc) is 1.77. The fraction of sp³-hybridized carbons (Fsp3) is 1.00. The van der Waals surface area contributed by atoms with E-state index in [4.69, 9.17) is 9.11 Å². The van der Waals surface area contributed by atoms with Crippen LogP contribution in [0, 0.1) is 0 Å². The molecule has 0 atom stereocenters. The largest absolute Gasteiger partial charge is 0.512 e. The van der Waals surface area contributed by atoms with Crippen LogP contribution in [0.5, 0.6) is 0 Å². The molecule has 0 unspecified atom stereocenters. The van der Waals surface area contributed by atoms with Gasteiger partial charge in [0, 0.05) is 0 Å². The average molecular weight is 283 g/mol. The maximum atomic E-state index is 11.6. The monoisotopic (exact) mass is 283 g/mol. The second-order valence-corrected chi connectivity index (χ2v) is 5.72. The summed E-state index contributed by atoms with van der Waals surface area (Å²) in [6, 6.07) is 0. The molecule has 15 heavy (non-hydrogen) atoms. The van der Waals surface area contributed by atoms with E-state index in [2.05, 4.69) is 0 Å². The Balaban J connectivity index is 5.08. The minimum absolute atomic E-state index is 0.271. The molecule has 0 heterocycles. The quantitative estimate of drug-likeness (QED) is 0.672. The number of halogens is 6. The Morgan fingerprint density at radius 3 is 1.40 bits per heavy atom. The second kappa shape index (κ2) is 3.65. The molecule has 0 spiro atoms. The van der Waals surface area contributed by atoms with Gasteiger partial charge in [-0.25, -0.2) is 8.42 Å². The van der Waals surface area contributed by atoms with Gasteiger partial charge in [-0.05, 0) is 10.8 Å². The van der Waals surface area contributed by atoms with Crippen LogP contribution in [-0.4, -0.2) is 28.5 Å². The zero-order valence-corrected chi connectivity index (χ0v) is 7.93. The first-order chi connectivity index (χ1) is 6.21. The third-order valence-electron chi connectivity index (χ3n) is 0.853. The van der Waals surface area contributed by atoms with Crippen molar-refractivity contribution in [2.75, 3.05) is 0 Å². The molecule has 0 aliphatic rings. The molecule has 0 aromatic heterocycles. The van der Waals surface area contributed by atoms with Crippen molar-refractivity contribution >= 4 is 20.8 Å². The maximum absolute atomic E-state index is 11.6. The molecule has 0 saturated carbocycles. The molecule has 0 aromatic rings. The van der Waals surface area contributed by atoms with Crippen molar-refractivity contribution in [3.63, 3.8) is 0 Å². The number of rotatable bonds is 2. The summed E-state index contributed by atoms with van der Waals surface area (Å²) in [6.45, 7) is 0. The van der Waals surface area contributed by atoms with Gasteiger partial charge in [0.1, 0.15) is 0 Å². The lowest BCUT2D eigenvalue weighted by molar-refractivity contribution is -0.0550. The molecule has 0 rings (SSSR count). The Labute approximate surface area is 80.6 Å². The summed E-state index contributed by atoms with van der Waals surface area (Å²) in [6.07, 6.45) is 0. The van der Waals surface area contributed by atoms with Gasteiger partial charge in [0.05, 0.1) is 0 Å². The highest BCUT2D eigenvalue weighted by atomic mass is 32.3. The normalized spacial score (nSPS) is 16.5. The van der Waals surface area contributed by atoms with Crippen LogP contribution in [0.2, 0.25) is 0 Å². The summed E-state index contributed by atoms with van der Waals surface area (Å²) in [5.74, 6) is 0. The van der Waals surface area contributed by atoms with Crippen LogP contribution in [0.4, 0.5) is 26.3 Å². The van der Waals surface area contributed by atoms with Crippen molar-refractivity contribution < 1.29 is 43.9 Å². The molecule has 0 aliphatic carbocycles. The highest BCUT2D eigenvalue weighted by molar-refractivity contribution is 8.28. The minimum Gasteiger partial charge on any atom is -0.278 e. The van der Waals surface area contributed by atoms with E-state index in [0.29, 0.717) is 0 Å². The summed E-state index contributed by atoms with van der Waals surface area (Å²) in [5.41, 5.74) is -12.0. The first-order valence-corrected chi connectivity index (χ1v) is 5.68. The van der Waals surface area contributed by atoms with Gasteiger partial charge in [-0.15, -0.1) is 0 Å². The molecule has 0 aromatic carbocycles. The molecular weight excluding hydrogens is 280 g/mol.